The number of ketones is 1. The quantitative estimate of drug-likeness (QED) is 0.487. The van der Waals surface area contributed by atoms with Crippen LogP contribution in [0.3, 0.4) is 0 Å². The van der Waals surface area contributed by atoms with Crippen LogP contribution in [0.2, 0.25) is 0 Å². The molecule has 0 amide bonds. The highest BCUT2D eigenvalue weighted by Crippen LogP contribution is 2.14. The van der Waals surface area contributed by atoms with Crippen LogP contribution in [0.4, 0.5) is 0 Å². The van der Waals surface area contributed by atoms with E-state index < -0.39 is 0 Å². The molecule has 0 aromatic heterocycles. The highest BCUT2D eigenvalue weighted by atomic mass is 16.5. The molecule has 2 heteroatoms. The summed E-state index contributed by atoms with van der Waals surface area (Å²) in [6.07, 6.45) is 7.39. The molecule has 2 nitrogen and oxygen atoms in total. The third-order valence-electron chi connectivity index (χ3n) is 2.90. The number of hydrogen-bond donors (Lipinski definition) is 0. The Kier molecular flexibility index (Phi) is 6.85. The zero-order valence-corrected chi connectivity index (χ0v) is 11.2. The number of rotatable bonds is 9. The normalized spacial score (nSPS) is 10.1. The SMILES string of the molecule is C=CCCCCCC(=O)Cc1cccc(OC)c1. The Morgan fingerprint density at radius 1 is 1.33 bits per heavy atom. The first-order chi connectivity index (χ1) is 8.76. The van der Waals surface area contributed by atoms with Crippen molar-refractivity contribution >= 4 is 5.78 Å². The van der Waals surface area contributed by atoms with Gasteiger partial charge in [-0.1, -0.05) is 24.6 Å². The summed E-state index contributed by atoms with van der Waals surface area (Å²) < 4.78 is 5.14. The largest absolute Gasteiger partial charge is 0.497 e. The van der Waals surface area contributed by atoms with Gasteiger partial charge in [-0.05, 0) is 37.0 Å². The van der Waals surface area contributed by atoms with Crippen LogP contribution in [-0.2, 0) is 11.2 Å². The van der Waals surface area contributed by atoms with Crippen molar-refractivity contribution in [1.82, 2.24) is 0 Å². The fourth-order valence-electron chi connectivity index (χ4n) is 1.89. The lowest BCUT2D eigenvalue weighted by molar-refractivity contribution is -0.118. The lowest BCUT2D eigenvalue weighted by atomic mass is 10.0. The number of carbonyl (C=O) groups excluding carboxylic acids is 1. The standard InChI is InChI=1S/C16H22O2/c1-3-4-5-6-7-10-15(17)12-14-9-8-11-16(13-14)18-2/h3,8-9,11,13H,1,4-7,10,12H2,2H3. The van der Waals surface area contributed by atoms with Crippen molar-refractivity contribution in [3.05, 3.63) is 42.5 Å². The van der Waals surface area contributed by atoms with Crippen LogP contribution in [0.1, 0.15) is 37.7 Å². The zero-order chi connectivity index (χ0) is 13.2. The summed E-state index contributed by atoms with van der Waals surface area (Å²) in [7, 11) is 1.64. The van der Waals surface area contributed by atoms with E-state index in [1.165, 1.54) is 0 Å². The highest BCUT2D eigenvalue weighted by molar-refractivity contribution is 5.80. The molecule has 0 fully saturated rings. The van der Waals surface area contributed by atoms with Crippen LogP contribution in [0.15, 0.2) is 36.9 Å². The maximum absolute atomic E-state index is 11.8. The second kappa shape index (κ2) is 8.51. The molecule has 0 N–H and O–H groups in total. The Balaban J connectivity index is 2.28. The number of carbonyl (C=O) groups is 1. The van der Waals surface area contributed by atoms with E-state index in [1.54, 1.807) is 7.11 Å². The van der Waals surface area contributed by atoms with E-state index in [9.17, 15) is 4.79 Å². The molecule has 1 aromatic carbocycles. The zero-order valence-electron chi connectivity index (χ0n) is 11.2. The van der Waals surface area contributed by atoms with Gasteiger partial charge in [-0.15, -0.1) is 6.58 Å². The molecule has 0 radical (unpaired) electrons. The van der Waals surface area contributed by atoms with Crippen LogP contribution in [0, 0.1) is 0 Å². The maximum Gasteiger partial charge on any atom is 0.137 e. The van der Waals surface area contributed by atoms with Gasteiger partial charge in [0.1, 0.15) is 11.5 Å². The number of hydrogen-bond acceptors (Lipinski definition) is 2. The van der Waals surface area contributed by atoms with Gasteiger partial charge in [0.05, 0.1) is 7.11 Å². The average molecular weight is 246 g/mol. The minimum atomic E-state index is 0.307. The Morgan fingerprint density at radius 2 is 2.17 bits per heavy atom. The molecule has 1 aromatic rings. The summed E-state index contributed by atoms with van der Waals surface area (Å²) in [6, 6.07) is 7.71. The fourth-order valence-corrected chi connectivity index (χ4v) is 1.89. The molecule has 0 saturated carbocycles. The Labute approximate surface area is 110 Å². The lowest BCUT2D eigenvalue weighted by Gasteiger charge is -2.04. The van der Waals surface area contributed by atoms with Gasteiger partial charge in [-0.2, -0.15) is 0 Å². The van der Waals surface area contributed by atoms with Crippen molar-refractivity contribution < 1.29 is 9.53 Å². The predicted octanol–water partition coefficient (Wildman–Crippen LogP) is 3.94. The second-order valence-electron chi connectivity index (χ2n) is 4.45. The van der Waals surface area contributed by atoms with E-state index >= 15 is 0 Å². The van der Waals surface area contributed by atoms with Crippen LogP contribution >= 0.6 is 0 Å². The molecule has 0 atom stereocenters. The Bertz CT molecular complexity index is 382. The number of methoxy groups -OCH3 is 1. The van der Waals surface area contributed by atoms with Gasteiger partial charge >= 0.3 is 0 Å². The van der Waals surface area contributed by atoms with E-state index in [0.29, 0.717) is 18.6 Å². The average Bonchev–Trinajstić information content (AvgIpc) is 2.38. The third kappa shape index (κ3) is 5.67. The molecule has 18 heavy (non-hydrogen) atoms. The molecule has 0 heterocycles. The Morgan fingerprint density at radius 3 is 2.89 bits per heavy atom. The third-order valence-corrected chi connectivity index (χ3v) is 2.90. The first-order valence-electron chi connectivity index (χ1n) is 6.52. The summed E-state index contributed by atoms with van der Waals surface area (Å²) in [5, 5.41) is 0. The van der Waals surface area contributed by atoms with E-state index in [1.807, 2.05) is 30.3 Å². The van der Waals surface area contributed by atoms with Gasteiger partial charge in [0, 0.05) is 12.8 Å². The molecule has 0 unspecified atom stereocenters. The molecule has 0 aliphatic heterocycles. The summed E-state index contributed by atoms with van der Waals surface area (Å²) in [6.45, 7) is 3.69. The molecule has 0 saturated heterocycles. The van der Waals surface area contributed by atoms with Crippen molar-refractivity contribution in [2.75, 3.05) is 7.11 Å². The number of benzene rings is 1. The van der Waals surface area contributed by atoms with Gasteiger partial charge in [0.15, 0.2) is 0 Å². The molecule has 1 rings (SSSR count). The van der Waals surface area contributed by atoms with Crippen LogP contribution in [-0.4, -0.2) is 12.9 Å². The first-order valence-corrected chi connectivity index (χ1v) is 6.52. The van der Waals surface area contributed by atoms with E-state index in [4.69, 9.17) is 4.74 Å². The topological polar surface area (TPSA) is 26.3 Å². The Hall–Kier alpha value is -1.57. The monoisotopic (exact) mass is 246 g/mol. The number of allylic oxidation sites excluding steroid dienone is 1. The van der Waals surface area contributed by atoms with Gasteiger partial charge < -0.3 is 4.74 Å². The molecular formula is C16H22O2. The van der Waals surface area contributed by atoms with Gasteiger partial charge in [0.25, 0.3) is 0 Å². The van der Waals surface area contributed by atoms with Crippen molar-refractivity contribution in [2.24, 2.45) is 0 Å². The van der Waals surface area contributed by atoms with Crippen molar-refractivity contribution in [2.45, 2.75) is 38.5 Å². The number of Topliss-reactive ketones (excluding diaryl/α,β-unsaturated/α-hetero) is 1. The molecule has 0 spiro atoms. The van der Waals surface area contributed by atoms with E-state index in [2.05, 4.69) is 6.58 Å². The maximum atomic E-state index is 11.8. The minimum Gasteiger partial charge on any atom is -0.497 e. The highest BCUT2D eigenvalue weighted by Gasteiger charge is 2.04. The molecular weight excluding hydrogens is 224 g/mol. The molecule has 0 aliphatic carbocycles. The minimum absolute atomic E-state index is 0.307. The molecule has 0 bridgehead atoms. The summed E-state index contributed by atoms with van der Waals surface area (Å²) in [5.41, 5.74) is 1.03. The van der Waals surface area contributed by atoms with E-state index in [0.717, 1.165) is 37.0 Å². The van der Waals surface area contributed by atoms with Gasteiger partial charge in [0.2, 0.25) is 0 Å². The lowest BCUT2D eigenvalue weighted by Crippen LogP contribution is -2.02. The number of ether oxygens (including phenoxy) is 1. The van der Waals surface area contributed by atoms with Gasteiger partial charge in [-0.3, -0.25) is 4.79 Å². The predicted molar refractivity (Wildman–Crippen MR) is 75.0 cm³/mol. The van der Waals surface area contributed by atoms with Crippen molar-refractivity contribution in [3.8, 4) is 5.75 Å². The smallest absolute Gasteiger partial charge is 0.137 e. The van der Waals surface area contributed by atoms with Crippen molar-refractivity contribution in [1.29, 1.82) is 0 Å². The summed E-state index contributed by atoms with van der Waals surface area (Å²) in [5.74, 6) is 1.12. The van der Waals surface area contributed by atoms with Crippen LogP contribution < -0.4 is 4.74 Å². The first kappa shape index (κ1) is 14.5. The second-order valence-corrected chi connectivity index (χ2v) is 4.45. The van der Waals surface area contributed by atoms with E-state index in [-0.39, 0.29) is 0 Å². The van der Waals surface area contributed by atoms with Gasteiger partial charge in [-0.25, -0.2) is 0 Å². The fraction of sp³-hybridized carbons (Fsp3) is 0.438. The van der Waals surface area contributed by atoms with Crippen molar-refractivity contribution in [3.63, 3.8) is 0 Å². The molecule has 0 aliphatic rings. The summed E-state index contributed by atoms with van der Waals surface area (Å²) in [4.78, 5) is 11.8. The number of unbranched alkanes of at least 4 members (excludes halogenated alkanes) is 3. The van der Waals surface area contributed by atoms with Crippen LogP contribution in [0.25, 0.3) is 0 Å². The molecule has 98 valence electrons. The van der Waals surface area contributed by atoms with Crippen LogP contribution in [0.5, 0.6) is 5.75 Å². The summed E-state index contributed by atoms with van der Waals surface area (Å²) >= 11 is 0.